The number of nitrogens with zero attached hydrogens (tertiary/aromatic N) is 3. The van der Waals surface area contributed by atoms with Crippen LogP contribution in [0.4, 0.5) is 5.95 Å². The van der Waals surface area contributed by atoms with Crippen molar-refractivity contribution in [1.29, 1.82) is 0 Å². The summed E-state index contributed by atoms with van der Waals surface area (Å²) in [4.78, 5) is 19.3. The largest absolute Gasteiger partial charge is 0.352 e. The van der Waals surface area contributed by atoms with E-state index in [0.29, 0.717) is 12.0 Å². The van der Waals surface area contributed by atoms with E-state index in [9.17, 15) is 0 Å². The standard InChI is InChI=1S/C11H16N3O2P/c1-3-8-4-5-12-11(13-8)14(2)9-6-10(7-9)16-17-15/h3-5,9-10,15,17H,1,6-7H2,2H3. The zero-order valence-corrected chi connectivity index (χ0v) is 10.7. The summed E-state index contributed by atoms with van der Waals surface area (Å²) < 4.78 is 5.14. The van der Waals surface area contributed by atoms with Crippen LogP contribution in [-0.2, 0) is 4.52 Å². The Hall–Kier alpha value is -1.03. The van der Waals surface area contributed by atoms with Gasteiger partial charge in [0, 0.05) is 19.3 Å². The van der Waals surface area contributed by atoms with Gasteiger partial charge < -0.3 is 14.3 Å². The molecule has 1 unspecified atom stereocenters. The van der Waals surface area contributed by atoms with E-state index >= 15 is 0 Å². The Balaban J connectivity index is 1.96. The molecule has 1 aromatic rings. The SMILES string of the molecule is C=Cc1ccnc(N(C)C2CC(OPO)C2)n1. The first-order valence-corrected chi connectivity index (χ1v) is 6.33. The van der Waals surface area contributed by atoms with E-state index in [1.54, 1.807) is 12.3 Å². The molecule has 0 radical (unpaired) electrons. The molecule has 0 saturated heterocycles. The van der Waals surface area contributed by atoms with Crippen LogP contribution >= 0.6 is 9.03 Å². The van der Waals surface area contributed by atoms with E-state index in [1.165, 1.54) is 0 Å². The lowest BCUT2D eigenvalue weighted by atomic mass is 9.88. The number of aromatic nitrogens is 2. The molecule has 1 N–H and O–H groups in total. The van der Waals surface area contributed by atoms with Crippen molar-refractivity contribution in [1.82, 2.24) is 9.97 Å². The molecule has 1 aliphatic rings. The molecule has 17 heavy (non-hydrogen) atoms. The van der Waals surface area contributed by atoms with Crippen molar-refractivity contribution in [3.63, 3.8) is 0 Å². The monoisotopic (exact) mass is 253 g/mol. The van der Waals surface area contributed by atoms with Crippen molar-refractivity contribution < 1.29 is 9.42 Å². The first kappa shape index (κ1) is 12.4. The van der Waals surface area contributed by atoms with E-state index in [0.717, 1.165) is 18.5 Å². The molecule has 1 atom stereocenters. The van der Waals surface area contributed by atoms with E-state index in [-0.39, 0.29) is 6.10 Å². The summed E-state index contributed by atoms with van der Waals surface area (Å²) in [7, 11) is 1.56. The molecule has 0 amide bonds. The van der Waals surface area contributed by atoms with Gasteiger partial charge >= 0.3 is 0 Å². The fraction of sp³-hybridized carbons (Fsp3) is 0.455. The minimum atomic E-state index is -0.419. The molecule has 92 valence electrons. The highest BCUT2D eigenvalue weighted by Gasteiger charge is 2.33. The van der Waals surface area contributed by atoms with E-state index < -0.39 is 9.03 Å². The van der Waals surface area contributed by atoms with Gasteiger partial charge in [-0.15, -0.1) is 0 Å². The first-order valence-electron chi connectivity index (χ1n) is 5.47. The molecule has 1 fully saturated rings. The highest BCUT2D eigenvalue weighted by molar-refractivity contribution is 7.25. The van der Waals surface area contributed by atoms with Gasteiger partial charge in [0.15, 0.2) is 9.03 Å². The van der Waals surface area contributed by atoms with Crippen LogP contribution in [0.25, 0.3) is 6.08 Å². The van der Waals surface area contributed by atoms with Crippen molar-refractivity contribution >= 4 is 21.1 Å². The van der Waals surface area contributed by atoms with Crippen molar-refractivity contribution in [2.45, 2.75) is 25.0 Å². The Morgan fingerprint density at radius 1 is 1.65 bits per heavy atom. The summed E-state index contributed by atoms with van der Waals surface area (Å²) in [6.45, 7) is 3.69. The second-order valence-corrected chi connectivity index (χ2v) is 4.47. The van der Waals surface area contributed by atoms with Crippen LogP contribution in [0.2, 0.25) is 0 Å². The van der Waals surface area contributed by atoms with Gasteiger partial charge in [-0.1, -0.05) is 6.58 Å². The second kappa shape index (κ2) is 5.54. The van der Waals surface area contributed by atoms with E-state index in [2.05, 4.69) is 16.5 Å². The summed E-state index contributed by atoms with van der Waals surface area (Å²) in [5.41, 5.74) is 0.825. The number of hydrogen-bond donors (Lipinski definition) is 1. The minimum Gasteiger partial charge on any atom is -0.352 e. The molecule has 0 aromatic carbocycles. The number of anilines is 1. The first-order chi connectivity index (χ1) is 8.24. The molecular weight excluding hydrogens is 237 g/mol. The lowest BCUT2D eigenvalue weighted by Gasteiger charge is -2.40. The molecule has 5 nitrogen and oxygen atoms in total. The van der Waals surface area contributed by atoms with Crippen LogP contribution < -0.4 is 4.90 Å². The van der Waals surface area contributed by atoms with Gasteiger partial charge in [0.25, 0.3) is 0 Å². The van der Waals surface area contributed by atoms with Crippen LogP contribution in [0.15, 0.2) is 18.8 Å². The molecule has 1 heterocycles. The topological polar surface area (TPSA) is 58.5 Å². The molecule has 0 spiro atoms. The van der Waals surface area contributed by atoms with Crippen molar-refractivity contribution in [2.24, 2.45) is 0 Å². The smallest absolute Gasteiger partial charge is 0.225 e. The molecule has 2 rings (SSSR count). The molecule has 1 aromatic heterocycles. The van der Waals surface area contributed by atoms with Gasteiger partial charge in [0.2, 0.25) is 5.95 Å². The van der Waals surface area contributed by atoms with Crippen LogP contribution in [0.5, 0.6) is 0 Å². The third kappa shape index (κ3) is 2.80. The molecule has 0 aliphatic heterocycles. The van der Waals surface area contributed by atoms with E-state index in [4.69, 9.17) is 9.42 Å². The summed E-state index contributed by atoms with van der Waals surface area (Å²) >= 11 is 0. The summed E-state index contributed by atoms with van der Waals surface area (Å²) in [5.74, 6) is 0.706. The zero-order valence-electron chi connectivity index (χ0n) is 9.71. The van der Waals surface area contributed by atoms with Gasteiger partial charge in [-0.3, -0.25) is 0 Å². The molecular formula is C11H16N3O2P. The normalized spacial score (nSPS) is 23.6. The van der Waals surface area contributed by atoms with Gasteiger partial charge in [0.05, 0.1) is 11.8 Å². The minimum absolute atomic E-state index is 0.174. The van der Waals surface area contributed by atoms with Crippen LogP contribution in [0.1, 0.15) is 18.5 Å². The van der Waals surface area contributed by atoms with Crippen LogP contribution in [-0.4, -0.2) is 34.1 Å². The fourth-order valence-corrected chi connectivity index (χ4v) is 2.18. The van der Waals surface area contributed by atoms with Gasteiger partial charge in [-0.05, 0) is 25.0 Å². The maximum Gasteiger partial charge on any atom is 0.225 e. The van der Waals surface area contributed by atoms with Crippen molar-refractivity contribution in [3.05, 3.63) is 24.5 Å². The Kier molecular flexibility index (Phi) is 4.05. The van der Waals surface area contributed by atoms with Crippen LogP contribution in [0, 0.1) is 0 Å². The lowest BCUT2D eigenvalue weighted by Crippen LogP contribution is -2.46. The molecule has 0 bridgehead atoms. The third-order valence-corrected chi connectivity index (χ3v) is 3.46. The molecule has 1 saturated carbocycles. The van der Waals surface area contributed by atoms with Gasteiger partial charge in [-0.25, -0.2) is 9.97 Å². The average Bonchev–Trinajstić information content (AvgIpc) is 2.32. The second-order valence-electron chi connectivity index (χ2n) is 4.05. The summed E-state index contributed by atoms with van der Waals surface area (Å²) in [6, 6.07) is 2.21. The zero-order chi connectivity index (χ0) is 12.3. The summed E-state index contributed by atoms with van der Waals surface area (Å²) in [6.07, 6.45) is 5.43. The Morgan fingerprint density at radius 3 is 3.06 bits per heavy atom. The maximum atomic E-state index is 8.67. The van der Waals surface area contributed by atoms with Crippen molar-refractivity contribution in [2.75, 3.05) is 11.9 Å². The van der Waals surface area contributed by atoms with E-state index in [1.807, 2.05) is 18.0 Å². The Labute approximate surface area is 102 Å². The highest BCUT2D eigenvalue weighted by Crippen LogP contribution is 2.32. The van der Waals surface area contributed by atoms with Crippen LogP contribution in [0.3, 0.4) is 0 Å². The highest BCUT2D eigenvalue weighted by atomic mass is 31.1. The van der Waals surface area contributed by atoms with Gasteiger partial charge in [-0.2, -0.15) is 0 Å². The van der Waals surface area contributed by atoms with Gasteiger partial charge in [0.1, 0.15) is 0 Å². The molecule has 6 heteroatoms. The number of hydrogen-bond acceptors (Lipinski definition) is 5. The average molecular weight is 253 g/mol. The number of rotatable bonds is 5. The molecule has 1 aliphatic carbocycles. The summed E-state index contributed by atoms with van der Waals surface area (Å²) in [5, 5.41) is 0. The fourth-order valence-electron chi connectivity index (χ4n) is 1.83. The predicted octanol–water partition coefficient (Wildman–Crippen LogP) is 1.60. The lowest BCUT2D eigenvalue weighted by molar-refractivity contribution is 0.106. The third-order valence-electron chi connectivity index (χ3n) is 3.03. The van der Waals surface area contributed by atoms with Crippen molar-refractivity contribution in [3.8, 4) is 0 Å². The predicted molar refractivity (Wildman–Crippen MR) is 69.0 cm³/mol. The maximum absolute atomic E-state index is 8.67. The Morgan fingerprint density at radius 2 is 2.41 bits per heavy atom. The quantitative estimate of drug-likeness (QED) is 0.808. The Bertz CT molecular complexity index is 396.